The van der Waals surface area contributed by atoms with Gasteiger partial charge in [-0.2, -0.15) is 0 Å². The van der Waals surface area contributed by atoms with Crippen LogP contribution in [0.4, 0.5) is 0 Å². The van der Waals surface area contributed by atoms with Crippen LogP contribution < -0.4 is 10.6 Å². The summed E-state index contributed by atoms with van der Waals surface area (Å²) in [5.41, 5.74) is 0.512. The number of carbonyl (C=O) groups excluding carboxylic acids is 1. The number of nitrogens with one attached hydrogen (secondary N) is 2. The monoisotopic (exact) mass is 360 g/mol. The standard InChI is InChI=1S/C13H17IN2O2/c14-11-2-1-10(7-12(11)17)13(18)16-6-4-9-3-5-15-8-9/h1-2,7,9,15,17H,3-6,8H2,(H,16,18). The van der Waals surface area contributed by atoms with E-state index in [1.165, 1.54) is 12.5 Å². The van der Waals surface area contributed by atoms with Gasteiger partial charge in [-0.15, -0.1) is 0 Å². The van der Waals surface area contributed by atoms with E-state index < -0.39 is 0 Å². The molecule has 0 saturated carbocycles. The fraction of sp³-hybridized carbons (Fsp3) is 0.462. The number of carbonyl (C=O) groups is 1. The lowest BCUT2D eigenvalue weighted by Crippen LogP contribution is -2.26. The van der Waals surface area contributed by atoms with Gasteiger partial charge in [-0.1, -0.05) is 0 Å². The molecule has 1 aromatic rings. The Kier molecular flexibility index (Phi) is 4.82. The summed E-state index contributed by atoms with van der Waals surface area (Å²) >= 11 is 2.03. The van der Waals surface area contributed by atoms with Crippen molar-refractivity contribution in [1.29, 1.82) is 0 Å². The quantitative estimate of drug-likeness (QED) is 0.717. The highest BCUT2D eigenvalue weighted by molar-refractivity contribution is 14.1. The molecule has 0 radical (unpaired) electrons. The zero-order valence-corrected chi connectivity index (χ0v) is 12.2. The molecule has 18 heavy (non-hydrogen) atoms. The fourth-order valence-electron chi connectivity index (χ4n) is 2.11. The highest BCUT2D eigenvalue weighted by atomic mass is 127. The van der Waals surface area contributed by atoms with Gasteiger partial charge in [0.1, 0.15) is 5.75 Å². The van der Waals surface area contributed by atoms with Crippen LogP contribution in [0.1, 0.15) is 23.2 Å². The number of halogens is 1. The Morgan fingerprint density at radius 2 is 2.39 bits per heavy atom. The van der Waals surface area contributed by atoms with Crippen molar-refractivity contribution in [3.05, 3.63) is 27.3 Å². The van der Waals surface area contributed by atoms with Gasteiger partial charge in [0.05, 0.1) is 3.57 Å². The molecule has 1 heterocycles. The number of benzene rings is 1. The van der Waals surface area contributed by atoms with Crippen molar-refractivity contribution in [3.63, 3.8) is 0 Å². The molecule has 3 N–H and O–H groups in total. The minimum Gasteiger partial charge on any atom is -0.507 e. The van der Waals surface area contributed by atoms with Gasteiger partial charge in [0, 0.05) is 12.1 Å². The summed E-state index contributed by atoms with van der Waals surface area (Å²) < 4.78 is 0.751. The third-order valence-electron chi connectivity index (χ3n) is 3.21. The van der Waals surface area contributed by atoms with Crippen LogP contribution in [0.2, 0.25) is 0 Å². The fourth-order valence-corrected chi connectivity index (χ4v) is 2.44. The van der Waals surface area contributed by atoms with Crippen LogP contribution in [0.5, 0.6) is 5.75 Å². The van der Waals surface area contributed by atoms with Crippen molar-refractivity contribution >= 4 is 28.5 Å². The highest BCUT2D eigenvalue weighted by Gasteiger charge is 2.14. The van der Waals surface area contributed by atoms with E-state index in [0.29, 0.717) is 18.0 Å². The minimum atomic E-state index is -0.118. The number of hydrogen-bond acceptors (Lipinski definition) is 3. The Morgan fingerprint density at radius 3 is 3.06 bits per heavy atom. The molecular formula is C13H17IN2O2. The number of aromatic hydroxyl groups is 1. The van der Waals surface area contributed by atoms with E-state index in [2.05, 4.69) is 10.6 Å². The van der Waals surface area contributed by atoms with Crippen LogP contribution in [0.25, 0.3) is 0 Å². The van der Waals surface area contributed by atoms with Crippen LogP contribution in [0, 0.1) is 9.49 Å². The van der Waals surface area contributed by atoms with Gasteiger partial charge in [0.15, 0.2) is 0 Å². The van der Waals surface area contributed by atoms with Crippen molar-refractivity contribution in [2.75, 3.05) is 19.6 Å². The second-order valence-corrected chi connectivity index (χ2v) is 5.73. The molecular weight excluding hydrogens is 343 g/mol. The largest absolute Gasteiger partial charge is 0.507 e. The maximum Gasteiger partial charge on any atom is 0.251 e. The molecule has 1 aliphatic rings. The van der Waals surface area contributed by atoms with Crippen LogP contribution in [-0.4, -0.2) is 30.6 Å². The number of amides is 1. The van der Waals surface area contributed by atoms with Crippen LogP contribution >= 0.6 is 22.6 Å². The third-order valence-corrected chi connectivity index (χ3v) is 4.12. The van der Waals surface area contributed by atoms with Crippen molar-refractivity contribution in [3.8, 4) is 5.75 Å². The average molecular weight is 360 g/mol. The maximum atomic E-state index is 11.8. The van der Waals surface area contributed by atoms with Gasteiger partial charge in [-0.3, -0.25) is 4.79 Å². The van der Waals surface area contributed by atoms with Gasteiger partial charge < -0.3 is 15.7 Å². The van der Waals surface area contributed by atoms with Crippen molar-refractivity contribution < 1.29 is 9.90 Å². The van der Waals surface area contributed by atoms with Crippen LogP contribution in [-0.2, 0) is 0 Å². The van der Waals surface area contributed by atoms with E-state index in [9.17, 15) is 9.90 Å². The first kappa shape index (κ1) is 13.6. The zero-order chi connectivity index (χ0) is 13.0. The first-order chi connectivity index (χ1) is 8.66. The SMILES string of the molecule is O=C(NCCC1CCNC1)c1ccc(I)c(O)c1. The molecule has 2 rings (SSSR count). The topological polar surface area (TPSA) is 61.4 Å². The second kappa shape index (κ2) is 6.38. The maximum absolute atomic E-state index is 11.8. The van der Waals surface area contributed by atoms with Crippen molar-refractivity contribution in [2.45, 2.75) is 12.8 Å². The smallest absolute Gasteiger partial charge is 0.251 e. The van der Waals surface area contributed by atoms with E-state index in [-0.39, 0.29) is 11.7 Å². The predicted octanol–water partition coefficient (Wildman–Crippen LogP) is 1.73. The highest BCUT2D eigenvalue weighted by Crippen LogP contribution is 2.20. The summed E-state index contributed by atoms with van der Waals surface area (Å²) in [6, 6.07) is 4.98. The summed E-state index contributed by atoms with van der Waals surface area (Å²) in [5.74, 6) is 0.714. The molecule has 0 spiro atoms. The number of phenolic OH excluding ortho intramolecular Hbond substituents is 1. The Hall–Kier alpha value is -0.820. The number of phenols is 1. The van der Waals surface area contributed by atoms with Gasteiger partial charge in [0.2, 0.25) is 0 Å². The first-order valence-corrected chi connectivity index (χ1v) is 7.22. The second-order valence-electron chi connectivity index (χ2n) is 4.57. The molecule has 1 saturated heterocycles. The zero-order valence-electron chi connectivity index (χ0n) is 10.1. The van der Waals surface area contributed by atoms with Gasteiger partial charge in [0.25, 0.3) is 5.91 Å². The predicted molar refractivity (Wildman–Crippen MR) is 78.8 cm³/mol. The summed E-state index contributed by atoms with van der Waals surface area (Å²) in [6.07, 6.45) is 2.20. The lowest BCUT2D eigenvalue weighted by atomic mass is 10.1. The molecule has 98 valence electrons. The molecule has 0 aromatic heterocycles. The molecule has 1 fully saturated rings. The Morgan fingerprint density at radius 1 is 1.56 bits per heavy atom. The summed E-state index contributed by atoms with van der Waals surface area (Å²) in [6.45, 7) is 2.84. The van der Waals surface area contributed by atoms with Gasteiger partial charge >= 0.3 is 0 Å². The minimum absolute atomic E-state index is 0.118. The first-order valence-electron chi connectivity index (χ1n) is 6.14. The number of hydrogen-bond donors (Lipinski definition) is 3. The molecule has 4 nitrogen and oxygen atoms in total. The number of rotatable bonds is 4. The van der Waals surface area contributed by atoms with Crippen molar-refractivity contribution in [2.24, 2.45) is 5.92 Å². The molecule has 1 aromatic carbocycles. The molecule has 1 amide bonds. The molecule has 5 heteroatoms. The van der Waals surface area contributed by atoms with Crippen LogP contribution in [0.15, 0.2) is 18.2 Å². The Labute approximate surface area is 120 Å². The molecule has 1 atom stereocenters. The van der Waals surface area contributed by atoms with Gasteiger partial charge in [-0.05, 0) is 72.6 Å². The molecule has 0 bridgehead atoms. The van der Waals surface area contributed by atoms with E-state index in [1.807, 2.05) is 22.6 Å². The Balaban J connectivity index is 1.81. The lowest BCUT2D eigenvalue weighted by molar-refractivity contribution is 0.0951. The molecule has 0 aliphatic carbocycles. The van der Waals surface area contributed by atoms with Crippen LogP contribution in [0.3, 0.4) is 0 Å². The lowest BCUT2D eigenvalue weighted by Gasteiger charge is -2.09. The average Bonchev–Trinajstić information content (AvgIpc) is 2.85. The third kappa shape index (κ3) is 3.58. The van der Waals surface area contributed by atoms with E-state index >= 15 is 0 Å². The summed E-state index contributed by atoms with van der Waals surface area (Å²) in [4.78, 5) is 11.8. The van der Waals surface area contributed by atoms with E-state index in [0.717, 1.165) is 23.1 Å². The molecule has 1 aliphatic heterocycles. The Bertz CT molecular complexity index is 431. The molecule has 1 unspecified atom stereocenters. The summed E-state index contributed by atoms with van der Waals surface area (Å²) in [5, 5.41) is 15.8. The van der Waals surface area contributed by atoms with E-state index in [4.69, 9.17) is 0 Å². The van der Waals surface area contributed by atoms with E-state index in [1.54, 1.807) is 12.1 Å². The van der Waals surface area contributed by atoms with Gasteiger partial charge in [-0.25, -0.2) is 0 Å². The van der Waals surface area contributed by atoms with Crippen molar-refractivity contribution in [1.82, 2.24) is 10.6 Å². The summed E-state index contributed by atoms with van der Waals surface area (Å²) in [7, 11) is 0. The normalized spacial score (nSPS) is 18.8.